The van der Waals surface area contributed by atoms with Crippen molar-refractivity contribution in [2.24, 2.45) is 0 Å². The molecular weight excluding hydrogens is 398 g/mol. The molecule has 108 valence electrons. The van der Waals surface area contributed by atoms with E-state index in [4.69, 9.17) is 34.8 Å². The first kappa shape index (κ1) is 15.0. The van der Waals surface area contributed by atoms with Crippen LogP contribution in [-0.2, 0) is 4.79 Å². The number of hydrogen-bond acceptors (Lipinski definition) is 2. The van der Waals surface area contributed by atoms with E-state index < -0.39 is 6.04 Å². The summed E-state index contributed by atoms with van der Waals surface area (Å²) in [6.45, 7) is 0. The first-order chi connectivity index (χ1) is 9.97. The van der Waals surface area contributed by atoms with Gasteiger partial charge < -0.3 is 10.6 Å². The highest BCUT2D eigenvalue weighted by atomic mass is 79.9. The molecule has 0 saturated heterocycles. The quantitative estimate of drug-likeness (QED) is 0.645. The molecule has 0 aliphatic carbocycles. The zero-order valence-electron chi connectivity index (χ0n) is 10.4. The van der Waals surface area contributed by atoms with E-state index in [-0.39, 0.29) is 5.91 Å². The Bertz CT molecular complexity index is 751. The van der Waals surface area contributed by atoms with E-state index in [1.165, 1.54) is 0 Å². The van der Waals surface area contributed by atoms with Crippen LogP contribution in [0.2, 0.25) is 15.1 Å². The standard InChI is InChI=1S/C14H8BrCl3N2O/c15-6-2-1-3-10-12(6)13(14(21)20-10)19-11-5-8(17)7(16)4-9(11)18/h1-5,13,19H,(H,20,21). The lowest BCUT2D eigenvalue weighted by Gasteiger charge is -2.16. The van der Waals surface area contributed by atoms with Crippen molar-refractivity contribution in [3.8, 4) is 0 Å². The molecule has 2 N–H and O–H groups in total. The van der Waals surface area contributed by atoms with Gasteiger partial charge >= 0.3 is 0 Å². The number of benzene rings is 2. The molecule has 3 nitrogen and oxygen atoms in total. The number of hydrogen-bond donors (Lipinski definition) is 2. The van der Waals surface area contributed by atoms with Crippen LogP contribution in [0, 0.1) is 0 Å². The second-order valence-electron chi connectivity index (χ2n) is 4.51. The molecule has 2 aromatic rings. The number of amides is 1. The molecule has 21 heavy (non-hydrogen) atoms. The Morgan fingerprint density at radius 1 is 1.10 bits per heavy atom. The Hall–Kier alpha value is -0.940. The van der Waals surface area contributed by atoms with Crippen molar-refractivity contribution in [2.75, 3.05) is 10.6 Å². The molecule has 1 aliphatic heterocycles. The fraction of sp³-hybridized carbons (Fsp3) is 0.0714. The van der Waals surface area contributed by atoms with Gasteiger partial charge in [0.1, 0.15) is 6.04 Å². The number of halogens is 4. The maximum absolute atomic E-state index is 12.2. The van der Waals surface area contributed by atoms with Crippen LogP contribution in [0.25, 0.3) is 0 Å². The highest BCUT2D eigenvalue weighted by Crippen LogP contribution is 2.40. The monoisotopic (exact) mass is 404 g/mol. The number of fused-ring (bicyclic) bond motifs is 1. The van der Waals surface area contributed by atoms with Gasteiger partial charge in [0.15, 0.2) is 0 Å². The third-order valence-electron chi connectivity index (χ3n) is 3.17. The highest BCUT2D eigenvalue weighted by molar-refractivity contribution is 9.10. The first-order valence-electron chi connectivity index (χ1n) is 5.97. The molecule has 1 heterocycles. The van der Waals surface area contributed by atoms with E-state index in [0.29, 0.717) is 20.8 Å². The van der Waals surface area contributed by atoms with Gasteiger partial charge in [0.2, 0.25) is 0 Å². The van der Waals surface area contributed by atoms with Gasteiger partial charge in [-0.15, -0.1) is 0 Å². The third-order valence-corrected chi connectivity index (χ3v) is 4.90. The largest absolute Gasteiger partial charge is 0.369 e. The van der Waals surface area contributed by atoms with Gasteiger partial charge in [-0.3, -0.25) is 4.79 Å². The third kappa shape index (κ3) is 2.73. The normalized spacial score (nSPS) is 16.6. The highest BCUT2D eigenvalue weighted by Gasteiger charge is 2.32. The first-order valence-corrected chi connectivity index (χ1v) is 7.90. The maximum Gasteiger partial charge on any atom is 0.251 e. The lowest BCUT2D eigenvalue weighted by atomic mass is 10.1. The van der Waals surface area contributed by atoms with Gasteiger partial charge in [-0.25, -0.2) is 0 Å². The van der Waals surface area contributed by atoms with Crippen molar-refractivity contribution >= 4 is 68.0 Å². The summed E-state index contributed by atoms with van der Waals surface area (Å²) in [7, 11) is 0. The van der Waals surface area contributed by atoms with Crippen LogP contribution in [0.3, 0.4) is 0 Å². The van der Waals surface area contributed by atoms with Gasteiger partial charge in [-0.2, -0.15) is 0 Å². The number of rotatable bonds is 2. The molecule has 1 amide bonds. The summed E-state index contributed by atoms with van der Waals surface area (Å²) in [5.74, 6) is -0.154. The molecule has 2 aromatic carbocycles. The minimum atomic E-state index is -0.551. The van der Waals surface area contributed by atoms with Crippen LogP contribution in [0.15, 0.2) is 34.8 Å². The zero-order chi connectivity index (χ0) is 15.1. The molecule has 0 spiro atoms. The summed E-state index contributed by atoms with van der Waals surface area (Å²) in [4.78, 5) is 12.2. The number of anilines is 2. The Labute approximate surface area is 144 Å². The van der Waals surface area contributed by atoms with Crippen molar-refractivity contribution in [2.45, 2.75) is 6.04 Å². The van der Waals surface area contributed by atoms with Crippen LogP contribution in [0.4, 0.5) is 11.4 Å². The predicted molar refractivity (Wildman–Crippen MR) is 90.6 cm³/mol. The van der Waals surface area contributed by atoms with E-state index in [1.807, 2.05) is 18.2 Å². The summed E-state index contributed by atoms with van der Waals surface area (Å²) in [6.07, 6.45) is 0. The van der Waals surface area contributed by atoms with E-state index >= 15 is 0 Å². The van der Waals surface area contributed by atoms with Gasteiger partial charge in [-0.1, -0.05) is 56.8 Å². The van der Waals surface area contributed by atoms with Crippen LogP contribution >= 0.6 is 50.7 Å². The molecule has 0 fully saturated rings. The molecule has 1 atom stereocenters. The predicted octanol–water partition coefficient (Wildman–Crippen LogP) is 5.51. The molecule has 1 unspecified atom stereocenters. The smallest absolute Gasteiger partial charge is 0.251 e. The fourth-order valence-electron chi connectivity index (χ4n) is 2.20. The van der Waals surface area contributed by atoms with Crippen molar-refractivity contribution in [3.05, 3.63) is 55.4 Å². The van der Waals surface area contributed by atoms with Crippen molar-refractivity contribution < 1.29 is 4.79 Å². The molecule has 7 heteroatoms. The summed E-state index contributed by atoms with van der Waals surface area (Å²) in [6, 6.07) is 8.18. The van der Waals surface area contributed by atoms with Crippen molar-refractivity contribution in [1.82, 2.24) is 0 Å². The lowest BCUT2D eigenvalue weighted by Crippen LogP contribution is -2.20. The Kier molecular flexibility index (Phi) is 4.06. The van der Waals surface area contributed by atoms with E-state index in [9.17, 15) is 4.79 Å². The fourth-order valence-corrected chi connectivity index (χ4v) is 3.40. The van der Waals surface area contributed by atoms with Crippen LogP contribution in [-0.4, -0.2) is 5.91 Å². The van der Waals surface area contributed by atoms with Crippen LogP contribution < -0.4 is 10.6 Å². The molecule has 0 saturated carbocycles. The number of carbonyl (C=O) groups excluding carboxylic acids is 1. The van der Waals surface area contributed by atoms with Crippen LogP contribution in [0.1, 0.15) is 11.6 Å². The minimum absolute atomic E-state index is 0.154. The molecule has 0 radical (unpaired) electrons. The summed E-state index contributed by atoms with van der Waals surface area (Å²) >= 11 is 21.5. The Morgan fingerprint density at radius 3 is 2.57 bits per heavy atom. The second-order valence-corrected chi connectivity index (χ2v) is 6.59. The SMILES string of the molecule is O=C1Nc2cccc(Br)c2C1Nc1cc(Cl)c(Cl)cc1Cl. The second kappa shape index (κ2) is 5.69. The van der Waals surface area contributed by atoms with Crippen molar-refractivity contribution in [3.63, 3.8) is 0 Å². The molecular formula is C14H8BrCl3N2O. The zero-order valence-corrected chi connectivity index (χ0v) is 14.2. The Balaban J connectivity index is 2.00. The summed E-state index contributed by atoms with van der Waals surface area (Å²) < 4.78 is 0.840. The topological polar surface area (TPSA) is 41.1 Å². The van der Waals surface area contributed by atoms with E-state index in [0.717, 1.165) is 15.7 Å². The van der Waals surface area contributed by atoms with Crippen molar-refractivity contribution in [1.29, 1.82) is 0 Å². The van der Waals surface area contributed by atoms with Crippen LogP contribution in [0.5, 0.6) is 0 Å². The number of nitrogens with one attached hydrogen (secondary N) is 2. The summed E-state index contributed by atoms with van der Waals surface area (Å²) in [5, 5.41) is 7.06. The summed E-state index contributed by atoms with van der Waals surface area (Å²) in [5.41, 5.74) is 2.16. The molecule has 1 aliphatic rings. The Morgan fingerprint density at radius 2 is 1.81 bits per heavy atom. The number of carbonyl (C=O) groups is 1. The maximum atomic E-state index is 12.2. The average Bonchev–Trinajstić information content (AvgIpc) is 2.73. The lowest BCUT2D eigenvalue weighted by molar-refractivity contribution is -0.116. The average molecular weight is 406 g/mol. The molecule has 0 aromatic heterocycles. The minimum Gasteiger partial charge on any atom is -0.369 e. The van der Waals surface area contributed by atoms with E-state index in [2.05, 4.69) is 26.6 Å². The van der Waals surface area contributed by atoms with Gasteiger partial charge in [0.05, 0.1) is 20.8 Å². The molecule has 3 rings (SSSR count). The van der Waals surface area contributed by atoms with Gasteiger partial charge in [0.25, 0.3) is 5.91 Å². The van der Waals surface area contributed by atoms with Gasteiger partial charge in [-0.05, 0) is 24.3 Å². The van der Waals surface area contributed by atoms with Gasteiger partial charge in [0, 0.05) is 15.7 Å². The molecule has 0 bridgehead atoms. The van der Waals surface area contributed by atoms with E-state index in [1.54, 1.807) is 12.1 Å².